The van der Waals surface area contributed by atoms with Crippen molar-refractivity contribution >= 4 is 5.91 Å². The first-order valence-electron chi connectivity index (χ1n) is 9.26. The minimum absolute atomic E-state index is 0.0585. The molecule has 8 heteroatoms. The molecule has 0 spiro atoms. The third-order valence-corrected chi connectivity index (χ3v) is 5.09. The Morgan fingerprint density at radius 2 is 1.93 bits per heavy atom. The molecule has 2 aliphatic heterocycles. The highest BCUT2D eigenvalue weighted by Crippen LogP contribution is 2.32. The van der Waals surface area contributed by atoms with Crippen LogP contribution < -0.4 is 9.47 Å². The number of fused-ring (bicyclic) bond motifs is 1. The van der Waals surface area contributed by atoms with Crippen molar-refractivity contribution in [1.82, 2.24) is 20.0 Å². The summed E-state index contributed by atoms with van der Waals surface area (Å²) in [6.45, 7) is 4.09. The zero-order valence-corrected chi connectivity index (χ0v) is 15.3. The Hall–Kier alpha value is -3.26. The smallest absolute Gasteiger partial charge is 0.274 e. The molecule has 0 aliphatic carbocycles. The molecule has 144 valence electrons. The number of ether oxygens (including phenoxy) is 2. The van der Waals surface area contributed by atoms with Crippen molar-refractivity contribution in [1.29, 1.82) is 0 Å². The number of amides is 1. The minimum Gasteiger partial charge on any atom is -0.463 e. The number of carbonyl (C=O) groups is 1. The zero-order valence-electron chi connectivity index (χ0n) is 15.3. The summed E-state index contributed by atoms with van der Waals surface area (Å²) >= 11 is 0. The Balaban J connectivity index is 1.18. The van der Waals surface area contributed by atoms with Crippen LogP contribution in [0.3, 0.4) is 0 Å². The summed E-state index contributed by atoms with van der Waals surface area (Å²) in [6, 6.07) is 11.4. The number of aromatic nitrogens is 2. The number of nitrogens with zero attached hydrogens (tertiary/aromatic N) is 3. The first-order chi connectivity index (χ1) is 13.8. The molecule has 1 aromatic carbocycles. The van der Waals surface area contributed by atoms with E-state index >= 15 is 0 Å². The van der Waals surface area contributed by atoms with Crippen LogP contribution in [0.2, 0.25) is 0 Å². The SMILES string of the molecule is O=C(c1cc(-c2ccco2)[nH]n1)N1CCN(Cc2ccc3c(c2)OCO3)CC1. The van der Waals surface area contributed by atoms with E-state index < -0.39 is 0 Å². The topological polar surface area (TPSA) is 83.8 Å². The van der Waals surface area contributed by atoms with Gasteiger partial charge in [0, 0.05) is 38.8 Å². The van der Waals surface area contributed by atoms with E-state index in [1.165, 1.54) is 5.56 Å². The highest BCUT2D eigenvalue weighted by Gasteiger charge is 2.24. The number of carbonyl (C=O) groups excluding carboxylic acids is 1. The van der Waals surface area contributed by atoms with E-state index in [4.69, 9.17) is 13.9 Å². The fraction of sp³-hybridized carbons (Fsp3) is 0.300. The lowest BCUT2D eigenvalue weighted by Gasteiger charge is -2.34. The Labute approximate surface area is 161 Å². The second kappa shape index (κ2) is 7.05. The van der Waals surface area contributed by atoms with Gasteiger partial charge in [-0.25, -0.2) is 0 Å². The number of furan rings is 1. The molecule has 0 unspecified atom stereocenters. The molecule has 1 saturated heterocycles. The predicted molar refractivity (Wildman–Crippen MR) is 100 cm³/mol. The van der Waals surface area contributed by atoms with Crippen molar-refractivity contribution in [3.63, 3.8) is 0 Å². The summed E-state index contributed by atoms with van der Waals surface area (Å²) in [5.41, 5.74) is 2.30. The first kappa shape index (κ1) is 16.9. The van der Waals surface area contributed by atoms with E-state index in [1.54, 1.807) is 18.4 Å². The van der Waals surface area contributed by atoms with Crippen molar-refractivity contribution < 1.29 is 18.7 Å². The number of piperazine rings is 1. The van der Waals surface area contributed by atoms with Gasteiger partial charge < -0.3 is 18.8 Å². The molecule has 1 amide bonds. The van der Waals surface area contributed by atoms with Crippen molar-refractivity contribution in [2.75, 3.05) is 33.0 Å². The molecule has 0 atom stereocenters. The van der Waals surface area contributed by atoms with Gasteiger partial charge in [-0.05, 0) is 29.8 Å². The van der Waals surface area contributed by atoms with E-state index in [9.17, 15) is 4.79 Å². The van der Waals surface area contributed by atoms with Gasteiger partial charge in [-0.1, -0.05) is 6.07 Å². The predicted octanol–water partition coefficient (Wildman–Crippen LogP) is 2.36. The number of aromatic amines is 1. The fourth-order valence-electron chi connectivity index (χ4n) is 3.56. The molecule has 5 rings (SSSR count). The van der Waals surface area contributed by atoms with Crippen LogP contribution in [0.15, 0.2) is 47.1 Å². The van der Waals surface area contributed by atoms with Gasteiger partial charge in [-0.3, -0.25) is 14.8 Å². The number of benzene rings is 1. The Bertz CT molecular complexity index is 974. The maximum Gasteiger partial charge on any atom is 0.274 e. The van der Waals surface area contributed by atoms with Gasteiger partial charge in [0.1, 0.15) is 5.69 Å². The van der Waals surface area contributed by atoms with Crippen molar-refractivity contribution in [2.24, 2.45) is 0 Å². The molecule has 1 N–H and O–H groups in total. The number of hydrogen-bond donors (Lipinski definition) is 1. The maximum absolute atomic E-state index is 12.7. The zero-order chi connectivity index (χ0) is 18.9. The number of H-pyrrole nitrogens is 1. The van der Waals surface area contributed by atoms with Gasteiger partial charge in [0.05, 0.1) is 6.26 Å². The van der Waals surface area contributed by atoms with Crippen molar-refractivity contribution in [3.8, 4) is 23.0 Å². The standard InChI is InChI=1S/C20H20N4O4/c25-20(16-11-15(21-22-16)17-2-1-9-26-17)24-7-5-23(6-8-24)12-14-3-4-18-19(10-14)28-13-27-18/h1-4,9-11H,5-8,12-13H2,(H,21,22). The minimum atomic E-state index is -0.0585. The van der Waals surface area contributed by atoms with Crippen LogP contribution >= 0.6 is 0 Å². The van der Waals surface area contributed by atoms with Gasteiger partial charge in [0.2, 0.25) is 6.79 Å². The summed E-state index contributed by atoms with van der Waals surface area (Å²) in [4.78, 5) is 16.9. The summed E-state index contributed by atoms with van der Waals surface area (Å²) in [5, 5.41) is 7.02. The quantitative estimate of drug-likeness (QED) is 0.748. The third-order valence-electron chi connectivity index (χ3n) is 5.09. The van der Waals surface area contributed by atoms with Crippen LogP contribution in [0.25, 0.3) is 11.5 Å². The van der Waals surface area contributed by atoms with E-state index in [0.29, 0.717) is 30.2 Å². The van der Waals surface area contributed by atoms with Gasteiger partial charge in [-0.2, -0.15) is 5.10 Å². The van der Waals surface area contributed by atoms with Crippen LogP contribution in [0, 0.1) is 0 Å². The second-order valence-electron chi connectivity index (χ2n) is 6.90. The lowest BCUT2D eigenvalue weighted by molar-refractivity contribution is 0.0622. The van der Waals surface area contributed by atoms with Gasteiger partial charge in [0.25, 0.3) is 5.91 Å². The highest BCUT2D eigenvalue weighted by molar-refractivity contribution is 5.93. The molecule has 3 aromatic rings. The molecule has 2 aliphatic rings. The molecular formula is C20H20N4O4. The lowest BCUT2D eigenvalue weighted by Crippen LogP contribution is -2.48. The highest BCUT2D eigenvalue weighted by atomic mass is 16.7. The summed E-state index contributed by atoms with van der Waals surface area (Å²) in [6.07, 6.45) is 1.59. The number of rotatable bonds is 4. The Morgan fingerprint density at radius 3 is 2.75 bits per heavy atom. The average Bonchev–Trinajstić information content (AvgIpc) is 3.48. The Morgan fingerprint density at radius 1 is 1.07 bits per heavy atom. The third kappa shape index (κ3) is 3.22. The van der Waals surface area contributed by atoms with E-state index in [-0.39, 0.29) is 12.7 Å². The molecule has 2 aromatic heterocycles. The van der Waals surface area contributed by atoms with Crippen molar-refractivity contribution in [2.45, 2.75) is 6.54 Å². The fourth-order valence-corrected chi connectivity index (χ4v) is 3.56. The van der Waals surface area contributed by atoms with Crippen LogP contribution in [0.4, 0.5) is 0 Å². The normalized spacial score (nSPS) is 16.5. The number of hydrogen-bond acceptors (Lipinski definition) is 6. The second-order valence-corrected chi connectivity index (χ2v) is 6.90. The maximum atomic E-state index is 12.7. The van der Waals surface area contributed by atoms with Crippen LogP contribution in [0.5, 0.6) is 11.5 Å². The van der Waals surface area contributed by atoms with Crippen molar-refractivity contribution in [3.05, 3.63) is 53.9 Å². The molecule has 4 heterocycles. The molecular weight excluding hydrogens is 360 g/mol. The molecule has 8 nitrogen and oxygen atoms in total. The molecule has 0 saturated carbocycles. The van der Waals surface area contributed by atoms with Crippen LogP contribution in [-0.4, -0.2) is 58.9 Å². The molecule has 0 bridgehead atoms. The van der Waals surface area contributed by atoms with E-state index in [2.05, 4.69) is 21.2 Å². The number of nitrogens with one attached hydrogen (secondary N) is 1. The monoisotopic (exact) mass is 380 g/mol. The van der Waals surface area contributed by atoms with Crippen LogP contribution in [-0.2, 0) is 6.54 Å². The summed E-state index contributed by atoms with van der Waals surface area (Å²) in [7, 11) is 0. The van der Waals surface area contributed by atoms with Gasteiger partial charge >= 0.3 is 0 Å². The Kier molecular flexibility index (Phi) is 4.25. The van der Waals surface area contributed by atoms with Gasteiger partial charge in [-0.15, -0.1) is 0 Å². The molecule has 28 heavy (non-hydrogen) atoms. The average molecular weight is 380 g/mol. The summed E-state index contributed by atoms with van der Waals surface area (Å²) < 4.78 is 16.1. The van der Waals surface area contributed by atoms with E-state index in [0.717, 1.165) is 31.1 Å². The largest absolute Gasteiger partial charge is 0.463 e. The van der Waals surface area contributed by atoms with Gasteiger partial charge in [0.15, 0.2) is 23.0 Å². The van der Waals surface area contributed by atoms with Crippen LogP contribution in [0.1, 0.15) is 16.1 Å². The molecule has 0 radical (unpaired) electrons. The molecule has 1 fully saturated rings. The summed E-state index contributed by atoms with van der Waals surface area (Å²) in [5.74, 6) is 2.21. The van der Waals surface area contributed by atoms with E-state index in [1.807, 2.05) is 23.1 Å². The lowest BCUT2D eigenvalue weighted by atomic mass is 10.1. The first-order valence-corrected chi connectivity index (χ1v) is 9.26.